The fraction of sp³-hybridized carbons (Fsp3) is 0. The Morgan fingerprint density at radius 2 is 2.08 bits per heavy atom. The third kappa shape index (κ3) is 4.10. The Morgan fingerprint density at radius 1 is 1.50 bits per heavy atom. The highest BCUT2D eigenvalue weighted by Gasteiger charge is 1.97. The summed E-state index contributed by atoms with van der Waals surface area (Å²) in [5.41, 5.74) is -0.274. The topological polar surface area (TPSA) is 66.7 Å². The second-order valence-corrected chi connectivity index (χ2v) is 1.78. The quantitative estimate of drug-likeness (QED) is 0.398. The minimum Gasteiger partial charge on any atom is -0.478 e. The molecule has 0 aliphatic heterocycles. The van der Waals surface area contributed by atoms with Gasteiger partial charge in [0.15, 0.2) is 0 Å². The highest BCUT2D eigenvalue weighted by molar-refractivity contribution is 5.89. The molecule has 0 amide bonds. The van der Waals surface area contributed by atoms with Gasteiger partial charge in [-0.05, 0) is 17.3 Å². The van der Waals surface area contributed by atoms with E-state index in [2.05, 4.69) is 11.8 Å². The molecule has 0 saturated heterocycles. The first-order chi connectivity index (χ1) is 5.57. The molecule has 0 unspecified atom stereocenters. The molecule has 0 saturated carbocycles. The number of rotatable bonds is 4. The Balaban J connectivity index is 4.25. The molecule has 0 atom stereocenters. The molecule has 0 aromatic heterocycles. The lowest BCUT2D eigenvalue weighted by Gasteiger charge is -1.87. The third-order valence-corrected chi connectivity index (χ3v) is 0.894. The Bertz CT molecular complexity index is 264. The number of carboxylic acid groups (broad SMARTS) is 1. The second kappa shape index (κ2) is 4.95. The molecule has 0 heterocycles. The van der Waals surface area contributed by atoms with Crippen LogP contribution >= 0.6 is 0 Å². The van der Waals surface area contributed by atoms with Crippen LogP contribution in [0.2, 0.25) is 0 Å². The highest BCUT2D eigenvalue weighted by Crippen LogP contribution is 2.01. The van der Waals surface area contributed by atoms with E-state index in [4.69, 9.17) is 5.11 Å². The molecule has 0 aromatic rings. The van der Waals surface area contributed by atoms with Crippen molar-refractivity contribution in [3.63, 3.8) is 0 Å². The second-order valence-electron chi connectivity index (χ2n) is 1.78. The summed E-state index contributed by atoms with van der Waals surface area (Å²) in [4.78, 5) is 19.5. The number of hydrogen-bond acceptors (Lipinski definition) is 3. The van der Waals surface area contributed by atoms with E-state index < -0.39 is 11.8 Å². The van der Waals surface area contributed by atoms with Crippen molar-refractivity contribution in [2.45, 2.75) is 0 Å². The molecule has 0 fully saturated rings. The SMILES string of the molecule is C=C(/C=C\C(F)=C/N=O)C(=O)O. The number of carboxylic acids is 1. The largest absolute Gasteiger partial charge is 0.478 e. The van der Waals surface area contributed by atoms with E-state index in [1.807, 2.05) is 0 Å². The number of nitrogens with zero attached hydrogens (tertiary/aromatic N) is 1. The van der Waals surface area contributed by atoms with Gasteiger partial charge in [-0.1, -0.05) is 6.58 Å². The van der Waals surface area contributed by atoms with Crippen LogP contribution in [0.25, 0.3) is 0 Å². The van der Waals surface area contributed by atoms with Crippen LogP contribution in [0.3, 0.4) is 0 Å². The van der Waals surface area contributed by atoms with E-state index >= 15 is 0 Å². The number of hydrogen-bond donors (Lipinski definition) is 1. The molecule has 0 spiro atoms. The minimum atomic E-state index is -1.25. The Kier molecular flexibility index (Phi) is 4.21. The lowest BCUT2D eigenvalue weighted by Crippen LogP contribution is -1.94. The molecule has 5 heteroatoms. The minimum absolute atomic E-state index is 0.274. The summed E-state index contributed by atoms with van der Waals surface area (Å²) in [6.07, 6.45) is 2.14. The van der Waals surface area contributed by atoms with Gasteiger partial charge in [-0.15, -0.1) is 4.91 Å². The van der Waals surface area contributed by atoms with Gasteiger partial charge in [-0.2, -0.15) is 0 Å². The molecule has 0 rings (SSSR count). The van der Waals surface area contributed by atoms with E-state index in [1.54, 1.807) is 0 Å². The number of carbonyl (C=O) groups is 1. The van der Waals surface area contributed by atoms with Crippen LogP contribution in [0.4, 0.5) is 4.39 Å². The molecule has 1 N–H and O–H groups in total. The molecule has 4 nitrogen and oxygen atoms in total. The average Bonchev–Trinajstić information content (AvgIpc) is 2.00. The van der Waals surface area contributed by atoms with E-state index in [-0.39, 0.29) is 5.57 Å². The van der Waals surface area contributed by atoms with Crippen LogP contribution in [-0.4, -0.2) is 11.1 Å². The first-order valence-electron chi connectivity index (χ1n) is 2.86. The summed E-state index contributed by atoms with van der Waals surface area (Å²) in [5.74, 6) is -2.18. The van der Waals surface area contributed by atoms with E-state index in [1.165, 1.54) is 0 Å². The fourth-order valence-electron chi connectivity index (χ4n) is 0.345. The van der Waals surface area contributed by atoms with Gasteiger partial charge in [-0.25, -0.2) is 9.18 Å². The third-order valence-electron chi connectivity index (χ3n) is 0.894. The zero-order chi connectivity index (χ0) is 9.56. The molecule has 64 valence electrons. The van der Waals surface area contributed by atoms with Crippen molar-refractivity contribution in [3.05, 3.63) is 41.2 Å². The smallest absolute Gasteiger partial charge is 0.335 e. The Morgan fingerprint density at radius 3 is 2.50 bits per heavy atom. The predicted octanol–water partition coefficient (Wildman–Crippen LogP) is 1.76. The van der Waals surface area contributed by atoms with Gasteiger partial charge in [0.25, 0.3) is 0 Å². The van der Waals surface area contributed by atoms with Gasteiger partial charge in [0, 0.05) is 0 Å². The molecule has 0 bridgehead atoms. The molecule has 0 aliphatic rings. The van der Waals surface area contributed by atoms with Gasteiger partial charge < -0.3 is 5.11 Å². The van der Waals surface area contributed by atoms with Gasteiger partial charge in [0.1, 0.15) is 12.0 Å². The standard InChI is InChI=1S/C7H6FNO3/c1-5(7(10)11)2-3-6(8)4-9-12/h2-4H,1H2,(H,10,11)/b3-2-,6-4+. The number of allylic oxidation sites excluding steroid dienone is 2. The molecule has 0 radical (unpaired) electrons. The summed E-state index contributed by atoms with van der Waals surface area (Å²) in [6, 6.07) is 0. The summed E-state index contributed by atoms with van der Waals surface area (Å²) >= 11 is 0. The van der Waals surface area contributed by atoms with Gasteiger partial charge in [-0.3, -0.25) is 0 Å². The fourth-order valence-corrected chi connectivity index (χ4v) is 0.345. The first-order valence-corrected chi connectivity index (χ1v) is 2.86. The monoisotopic (exact) mass is 171 g/mol. The van der Waals surface area contributed by atoms with Crippen molar-refractivity contribution in [3.8, 4) is 0 Å². The lowest BCUT2D eigenvalue weighted by atomic mass is 10.3. The van der Waals surface area contributed by atoms with Crippen LogP contribution < -0.4 is 0 Å². The van der Waals surface area contributed by atoms with Crippen LogP contribution in [0.5, 0.6) is 0 Å². The Labute approximate surface area is 67.7 Å². The zero-order valence-electron chi connectivity index (χ0n) is 6.03. The van der Waals surface area contributed by atoms with Crippen molar-refractivity contribution in [2.75, 3.05) is 0 Å². The molecule has 12 heavy (non-hydrogen) atoms. The van der Waals surface area contributed by atoms with Crippen LogP contribution in [0.1, 0.15) is 0 Å². The summed E-state index contributed by atoms with van der Waals surface area (Å²) in [7, 11) is 0. The van der Waals surface area contributed by atoms with Crippen molar-refractivity contribution in [1.29, 1.82) is 0 Å². The number of halogens is 1. The Hall–Kier alpha value is -1.78. The normalized spacial score (nSPS) is 11.6. The van der Waals surface area contributed by atoms with Crippen molar-refractivity contribution >= 4 is 5.97 Å². The van der Waals surface area contributed by atoms with Crippen LogP contribution in [0.15, 0.2) is 41.5 Å². The number of aliphatic carboxylic acids is 1. The van der Waals surface area contributed by atoms with Crippen LogP contribution in [0, 0.1) is 4.91 Å². The van der Waals surface area contributed by atoms with E-state index in [9.17, 15) is 14.1 Å². The van der Waals surface area contributed by atoms with Gasteiger partial charge in [0.05, 0.1) is 5.57 Å². The van der Waals surface area contributed by atoms with E-state index in [0.717, 1.165) is 12.2 Å². The lowest BCUT2D eigenvalue weighted by molar-refractivity contribution is -0.132. The first kappa shape index (κ1) is 10.2. The van der Waals surface area contributed by atoms with Crippen molar-refractivity contribution < 1.29 is 14.3 Å². The summed E-state index contributed by atoms with van der Waals surface area (Å²) in [6.45, 7) is 3.10. The van der Waals surface area contributed by atoms with E-state index in [0.29, 0.717) is 6.20 Å². The highest BCUT2D eigenvalue weighted by atomic mass is 19.1. The van der Waals surface area contributed by atoms with Crippen LogP contribution in [-0.2, 0) is 4.79 Å². The average molecular weight is 171 g/mol. The van der Waals surface area contributed by atoms with Crippen molar-refractivity contribution in [2.24, 2.45) is 5.18 Å². The maximum atomic E-state index is 12.3. The van der Waals surface area contributed by atoms with Gasteiger partial charge in [0.2, 0.25) is 0 Å². The molecular weight excluding hydrogens is 165 g/mol. The zero-order valence-corrected chi connectivity index (χ0v) is 6.03. The number of nitroso groups, excluding NO2 is 1. The maximum Gasteiger partial charge on any atom is 0.335 e. The molecule has 0 aliphatic carbocycles. The molecular formula is C7H6FNO3. The predicted molar refractivity (Wildman–Crippen MR) is 40.9 cm³/mol. The molecule has 0 aromatic carbocycles. The van der Waals surface area contributed by atoms with Gasteiger partial charge >= 0.3 is 5.97 Å². The maximum absolute atomic E-state index is 12.3. The van der Waals surface area contributed by atoms with Crippen molar-refractivity contribution in [1.82, 2.24) is 0 Å². The summed E-state index contributed by atoms with van der Waals surface area (Å²) in [5, 5.41) is 10.4. The summed E-state index contributed by atoms with van der Waals surface area (Å²) < 4.78 is 12.3.